The summed E-state index contributed by atoms with van der Waals surface area (Å²) in [5.74, 6) is 0.308. The van der Waals surface area contributed by atoms with E-state index in [1.165, 1.54) is 20.1 Å². The Labute approximate surface area is 198 Å². The summed E-state index contributed by atoms with van der Waals surface area (Å²) < 4.78 is 28.0. The number of allylic oxidation sites excluding steroid dienone is 4. The second-order valence-corrected chi connectivity index (χ2v) is 8.92. The first-order valence-electron chi connectivity index (χ1n) is 11.0. The Hall–Kier alpha value is -2.72. The molecular formula is C25H32O9. The molecule has 9 nitrogen and oxygen atoms in total. The number of esters is 1. The van der Waals surface area contributed by atoms with Crippen LogP contribution in [-0.4, -0.2) is 65.0 Å². The molecule has 0 amide bonds. The smallest absolute Gasteiger partial charge is 0.339 e. The average Bonchev–Trinajstić information content (AvgIpc) is 2.93. The largest absolute Gasteiger partial charge is 0.496 e. The molecule has 0 saturated carbocycles. The zero-order chi connectivity index (χ0) is 25.3. The van der Waals surface area contributed by atoms with E-state index < -0.39 is 53.3 Å². The van der Waals surface area contributed by atoms with Gasteiger partial charge in [-0.3, -0.25) is 4.79 Å². The van der Waals surface area contributed by atoms with Gasteiger partial charge in [0.05, 0.1) is 19.3 Å². The van der Waals surface area contributed by atoms with Crippen LogP contribution in [0.3, 0.4) is 0 Å². The second-order valence-electron chi connectivity index (χ2n) is 8.92. The summed E-state index contributed by atoms with van der Waals surface area (Å²) in [4.78, 5) is 23.3. The Morgan fingerprint density at radius 2 is 1.85 bits per heavy atom. The van der Waals surface area contributed by atoms with Gasteiger partial charge in [-0.2, -0.15) is 0 Å². The van der Waals surface area contributed by atoms with E-state index >= 15 is 0 Å². The van der Waals surface area contributed by atoms with Crippen molar-refractivity contribution >= 4 is 12.0 Å². The standard InChI is InChI=1S/C25H32O9/c1-14-17(32-20(28)13-19(14)30-6)11-9-7-8-10-12-18-21(29)24(4)23(31-16(3)27)25(5,33-18)22(34-24)15(2)26/h7-13,15,18,21-23,26,29H,1-6H3/b8-7+,11-9+,12-10+/t15?,18?,21?,22?,23?,24-,25-/m0/s1. The van der Waals surface area contributed by atoms with Gasteiger partial charge >= 0.3 is 11.6 Å². The molecule has 2 N–H and O–H groups in total. The molecule has 2 fully saturated rings. The Morgan fingerprint density at radius 1 is 1.18 bits per heavy atom. The molecule has 186 valence electrons. The first-order valence-corrected chi connectivity index (χ1v) is 11.0. The summed E-state index contributed by atoms with van der Waals surface area (Å²) in [6.07, 6.45) is 5.63. The lowest BCUT2D eigenvalue weighted by Crippen LogP contribution is -2.66. The number of hydrogen-bond donors (Lipinski definition) is 2. The number of methoxy groups -OCH3 is 1. The zero-order valence-electron chi connectivity index (χ0n) is 20.2. The highest BCUT2D eigenvalue weighted by Gasteiger charge is 2.71. The van der Waals surface area contributed by atoms with E-state index in [1.807, 2.05) is 0 Å². The fourth-order valence-corrected chi connectivity index (χ4v) is 4.70. The van der Waals surface area contributed by atoms with Gasteiger partial charge in [0.1, 0.15) is 41.0 Å². The molecule has 1 aromatic heterocycles. The fraction of sp³-hybridized carbons (Fsp3) is 0.520. The maximum atomic E-state index is 11.7. The number of hydrogen-bond acceptors (Lipinski definition) is 9. The molecule has 0 spiro atoms. The summed E-state index contributed by atoms with van der Waals surface area (Å²) in [5.41, 5.74) is -2.22. The normalized spacial score (nSPS) is 34.2. The predicted molar refractivity (Wildman–Crippen MR) is 123 cm³/mol. The molecular weight excluding hydrogens is 444 g/mol. The van der Waals surface area contributed by atoms with E-state index in [9.17, 15) is 19.8 Å². The van der Waals surface area contributed by atoms with Crippen LogP contribution in [0, 0.1) is 6.92 Å². The lowest BCUT2D eigenvalue weighted by atomic mass is 9.77. The molecule has 34 heavy (non-hydrogen) atoms. The lowest BCUT2D eigenvalue weighted by molar-refractivity contribution is -0.236. The van der Waals surface area contributed by atoms with Crippen LogP contribution in [0.2, 0.25) is 0 Å². The Kier molecular flexibility index (Phi) is 7.52. The maximum absolute atomic E-state index is 11.7. The average molecular weight is 477 g/mol. The van der Waals surface area contributed by atoms with E-state index in [-0.39, 0.29) is 0 Å². The van der Waals surface area contributed by atoms with Crippen molar-refractivity contribution in [3.05, 3.63) is 58.2 Å². The molecule has 3 heterocycles. The summed E-state index contributed by atoms with van der Waals surface area (Å²) in [6.45, 7) is 7.98. The Bertz CT molecular complexity index is 1050. The van der Waals surface area contributed by atoms with E-state index in [0.717, 1.165) is 0 Å². The minimum Gasteiger partial charge on any atom is -0.496 e. The van der Waals surface area contributed by atoms with E-state index in [0.29, 0.717) is 17.1 Å². The van der Waals surface area contributed by atoms with Gasteiger partial charge in [0.25, 0.3) is 0 Å². The van der Waals surface area contributed by atoms with Gasteiger partial charge in [-0.1, -0.05) is 30.4 Å². The number of carbonyl (C=O) groups excluding carboxylic acids is 1. The van der Waals surface area contributed by atoms with Crippen LogP contribution in [0.5, 0.6) is 5.75 Å². The molecule has 2 aliphatic rings. The van der Waals surface area contributed by atoms with Crippen LogP contribution < -0.4 is 10.4 Å². The van der Waals surface area contributed by atoms with E-state index in [4.69, 9.17) is 23.4 Å². The molecule has 0 radical (unpaired) electrons. The molecule has 2 aliphatic heterocycles. The number of rotatable bonds is 7. The molecule has 7 atom stereocenters. The van der Waals surface area contributed by atoms with Crippen molar-refractivity contribution in [2.75, 3.05) is 7.11 Å². The van der Waals surface area contributed by atoms with Gasteiger partial charge in [0.15, 0.2) is 6.10 Å². The third-order valence-corrected chi connectivity index (χ3v) is 6.30. The van der Waals surface area contributed by atoms with Crippen molar-refractivity contribution in [3.63, 3.8) is 0 Å². The monoisotopic (exact) mass is 476 g/mol. The molecule has 9 heteroatoms. The van der Waals surface area contributed by atoms with Crippen molar-refractivity contribution in [1.82, 2.24) is 0 Å². The third kappa shape index (κ3) is 4.74. The first-order chi connectivity index (χ1) is 15.9. The molecule has 3 rings (SSSR count). The van der Waals surface area contributed by atoms with Crippen LogP contribution in [0.4, 0.5) is 0 Å². The van der Waals surface area contributed by atoms with Gasteiger partial charge in [0, 0.05) is 12.5 Å². The molecule has 2 bridgehead atoms. The number of carbonyl (C=O) groups is 1. The highest BCUT2D eigenvalue weighted by Crippen LogP contribution is 2.51. The highest BCUT2D eigenvalue weighted by molar-refractivity contribution is 5.66. The zero-order valence-corrected chi connectivity index (χ0v) is 20.2. The molecule has 0 aliphatic carbocycles. The third-order valence-electron chi connectivity index (χ3n) is 6.30. The lowest BCUT2D eigenvalue weighted by Gasteiger charge is -2.47. The van der Waals surface area contributed by atoms with Crippen LogP contribution in [-0.2, 0) is 19.0 Å². The summed E-state index contributed by atoms with van der Waals surface area (Å²) >= 11 is 0. The van der Waals surface area contributed by atoms with Crippen molar-refractivity contribution in [1.29, 1.82) is 0 Å². The minimum atomic E-state index is -1.26. The van der Waals surface area contributed by atoms with Crippen molar-refractivity contribution in [2.45, 2.75) is 76.3 Å². The number of aliphatic hydroxyl groups is 2. The molecule has 0 aromatic carbocycles. The fourth-order valence-electron chi connectivity index (χ4n) is 4.70. The van der Waals surface area contributed by atoms with Gasteiger partial charge in [-0.15, -0.1) is 0 Å². The topological polar surface area (TPSA) is 125 Å². The molecule has 1 aromatic rings. The van der Waals surface area contributed by atoms with Crippen LogP contribution in [0.15, 0.2) is 45.7 Å². The van der Waals surface area contributed by atoms with Crippen molar-refractivity contribution in [2.24, 2.45) is 0 Å². The second kappa shape index (κ2) is 9.87. The number of fused-ring (bicyclic) bond motifs is 2. The first kappa shape index (κ1) is 25.9. The van der Waals surface area contributed by atoms with Crippen molar-refractivity contribution < 1.29 is 38.4 Å². The minimum absolute atomic E-state index is 0.388. The highest BCUT2D eigenvalue weighted by atomic mass is 16.7. The van der Waals surface area contributed by atoms with E-state index in [1.54, 1.807) is 64.2 Å². The Morgan fingerprint density at radius 3 is 2.47 bits per heavy atom. The van der Waals surface area contributed by atoms with E-state index in [2.05, 4.69) is 0 Å². The van der Waals surface area contributed by atoms with Crippen LogP contribution >= 0.6 is 0 Å². The van der Waals surface area contributed by atoms with Crippen molar-refractivity contribution in [3.8, 4) is 5.75 Å². The Balaban J connectivity index is 1.76. The number of aliphatic hydroxyl groups excluding tert-OH is 2. The van der Waals surface area contributed by atoms with Gasteiger partial charge < -0.3 is 33.6 Å². The van der Waals surface area contributed by atoms with Gasteiger partial charge in [0.2, 0.25) is 0 Å². The predicted octanol–water partition coefficient (Wildman–Crippen LogP) is 2.07. The molecule has 2 saturated heterocycles. The van der Waals surface area contributed by atoms with Crippen LogP contribution in [0.1, 0.15) is 39.0 Å². The quantitative estimate of drug-likeness (QED) is 0.449. The van der Waals surface area contributed by atoms with Gasteiger partial charge in [-0.05, 0) is 33.8 Å². The summed E-state index contributed by atoms with van der Waals surface area (Å²) in [7, 11) is 1.48. The SMILES string of the molecule is COc1cc(=O)oc(/C=C/C=C/C=C/C2O[C@@]3(C)C(C(C)O)O[C@@](C)(C2O)C3OC(C)=O)c1C. The summed E-state index contributed by atoms with van der Waals surface area (Å²) in [6, 6.07) is 1.28. The van der Waals surface area contributed by atoms with Crippen LogP contribution in [0.25, 0.3) is 6.08 Å². The maximum Gasteiger partial charge on any atom is 0.339 e. The number of ether oxygens (including phenoxy) is 4. The summed E-state index contributed by atoms with van der Waals surface area (Å²) in [5, 5.41) is 21.2. The van der Waals surface area contributed by atoms with Gasteiger partial charge in [-0.25, -0.2) is 4.79 Å². The molecule has 5 unspecified atom stereocenters.